The number of nitrogens with zero attached hydrogens (tertiary/aromatic N) is 1. The molecule has 0 radical (unpaired) electrons. The number of hydrogen-bond donors (Lipinski definition) is 4. The number of aromatic amines is 1. The SMILES string of the molecule is CCNC(=NCc1cccc(OC)c1O)NCCc1c[nH]c2ccc(F)cc12. The summed E-state index contributed by atoms with van der Waals surface area (Å²) in [5.41, 5.74) is 2.65. The number of nitrogens with one attached hydrogen (secondary N) is 3. The smallest absolute Gasteiger partial charge is 0.191 e. The number of aromatic hydroxyl groups is 1. The van der Waals surface area contributed by atoms with Crippen molar-refractivity contribution < 1.29 is 14.2 Å². The molecule has 0 bridgehead atoms. The third-order valence-corrected chi connectivity index (χ3v) is 4.47. The predicted octanol–water partition coefficient (Wildman–Crippen LogP) is 3.32. The number of phenolic OH excluding ortho intramolecular Hbond substituents is 1. The number of rotatable bonds is 7. The van der Waals surface area contributed by atoms with Crippen molar-refractivity contribution in [3.63, 3.8) is 0 Å². The van der Waals surface area contributed by atoms with Gasteiger partial charge in [0.1, 0.15) is 5.82 Å². The van der Waals surface area contributed by atoms with Crippen molar-refractivity contribution in [2.24, 2.45) is 4.99 Å². The molecule has 0 saturated carbocycles. The highest BCUT2D eigenvalue weighted by atomic mass is 19.1. The molecule has 0 aliphatic rings. The number of hydrogen-bond acceptors (Lipinski definition) is 3. The molecule has 0 unspecified atom stereocenters. The molecule has 3 aromatic rings. The molecule has 7 heteroatoms. The van der Waals surface area contributed by atoms with Gasteiger partial charge in [-0.15, -0.1) is 0 Å². The highest BCUT2D eigenvalue weighted by molar-refractivity contribution is 5.83. The minimum atomic E-state index is -0.241. The topological polar surface area (TPSA) is 81.7 Å². The first-order valence-corrected chi connectivity index (χ1v) is 9.25. The Labute approximate surface area is 163 Å². The van der Waals surface area contributed by atoms with E-state index in [1.54, 1.807) is 18.2 Å². The minimum absolute atomic E-state index is 0.102. The van der Waals surface area contributed by atoms with Crippen LogP contribution in [0.25, 0.3) is 10.9 Å². The van der Waals surface area contributed by atoms with E-state index in [4.69, 9.17) is 4.74 Å². The molecule has 0 aliphatic carbocycles. The third kappa shape index (κ3) is 4.54. The van der Waals surface area contributed by atoms with Crippen LogP contribution >= 0.6 is 0 Å². The zero-order chi connectivity index (χ0) is 19.9. The molecule has 0 atom stereocenters. The summed E-state index contributed by atoms with van der Waals surface area (Å²) in [4.78, 5) is 7.69. The summed E-state index contributed by atoms with van der Waals surface area (Å²) in [6.07, 6.45) is 2.63. The van der Waals surface area contributed by atoms with E-state index in [1.165, 1.54) is 13.2 Å². The molecular weight excluding hydrogens is 359 g/mol. The summed E-state index contributed by atoms with van der Waals surface area (Å²) in [6.45, 7) is 3.66. The average molecular weight is 384 g/mol. The second-order valence-corrected chi connectivity index (χ2v) is 6.34. The Kier molecular flexibility index (Phi) is 6.37. The molecule has 0 fully saturated rings. The van der Waals surface area contributed by atoms with E-state index < -0.39 is 0 Å². The lowest BCUT2D eigenvalue weighted by molar-refractivity contribution is 0.370. The molecule has 0 aliphatic heterocycles. The van der Waals surface area contributed by atoms with E-state index in [-0.39, 0.29) is 11.6 Å². The van der Waals surface area contributed by atoms with Crippen LogP contribution in [0, 0.1) is 5.82 Å². The third-order valence-electron chi connectivity index (χ3n) is 4.47. The van der Waals surface area contributed by atoms with Gasteiger partial charge in [-0.05, 0) is 43.2 Å². The molecular formula is C21H25FN4O2. The number of aromatic nitrogens is 1. The maximum Gasteiger partial charge on any atom is 0.191 e. The Morgan fingerprint density at radius 2 is 2.07 bits per heavy atom. The van der Waals surface area contributed by atoms with Gasteiger partial charge in [-0.3, -0.25) is 0 Å². The second-order valence-electron chi connectivity index (χ2n) is 6.34. The lowest BCUT2D eigenvalue weighted by Gasteiger charge is -2.12. The molecule has 148 valence electrons. The standard InChI is InChI=1S/C21H25FN4O2/c1-3-23-21(26-13-15-5-4-6-19(28-2)20(15)27)24-10-9-14-12-25-18-8-7-16(22)11-17(14)18/h4-8,11-12,25,27H,3,9-10,13H2,1-2H3,(H2,23,24,26). The van der Waals surface area contributed by atoms with Crippen LogP contribution in [0.1, 0.15) is 18.1 Å². The van der Waals surface area contributed by atoms with Gasteiger partial charge in [0.2, 0.25) is 0 Å². The normalized spacial score (nSPS) is 11.6. The lowest BCUT2D eigenvalue weighted by atomic mass is 10.1. The van der Waals surface area contributed by atoms with Crippen molar-refractivity contribution in [1.29, 1.82) is 0 Å². The van der Waals surface area contributed by atoms with Crippen LogP contribution in [0.5, 0.6) is 11.5 Å². The monoisotopic (exact) mass is 384 g/mol. The van der Waals surface area contributed by atoms with Crippen LogP contribution in [0.3, 0.4) is 0 Å². The summed E-state index contributed by atoms with van der Waals surface area (Å²) in [5.74, 6) is 0.938. The number of para-hydroxylation sites is 1. The molecule has 0 amide bonds. The molecule has 3 rings (SSSR count). The van der Waals surface area contributed by atoms with Gasteiger partial charge in [0, 0.05) is 35.8 Å². The number of methoxy groups -OCH3 is 1. The van der Waals surface area contributed by atoms with E-state index in [0.717, 1.165) is 22.9 Å². The number of benzene rings is 2. The minimum Gasteiger partial charge on any atom is -0.504 e. The van der Waals surface area contributed by atoms with Crippen molar-refractivity contribution in [3.05, 3.63) is 59.5 Å². The Bertz CT molecular complexity index is 968. The molecule has 2 aromatic carbocycles. The Morgan fingerprint density at radius 3 is 2.86 bits per heavy atom. The van der Waals surface area contributed by atoms with Crippen LogP contribution < -0.4 is 15.4 Å². The highest BCUT2D eigenvalue weighted by Crippen LogP contribution is 2.29. The highest BCUT2D eigenvalue weighted by Gasteiger charge is 2.08. The molecule has 28 heavy (non-hydrogen) atoms. The van der Waals surface area contributed by atoms with Gasteiger partial charge in [0.15, 0.2) is 17.5 Å². The summed E-state index contributed by atoms with van der Waals surface area (Å²) < 4.78 is 18.6. The van der Waals surface area contributed by atoms with Crippen LogP contribution in [0.4, 0.5) is 4.39 Å². The Morgan fingerprint density at radius 1 is 1.21 bits per heavy atom. The van der Waals surface area contributed by atoms with Crippen molar-refractivity contribution >= 4 is 16.9 Å². The van der Waals surface area contributed by atoms with E-state index >= 15 is 0 Å². The first-order chi connectivity index (χ1) is 13.6. The van der Waals surface area contributed by atoms with Gasteiger partial charge in [-0.25, -0.2) is 9.38 Å². The van der Waals surface area contributed by atoms with Gasteiger partial charge >= 0.3 is 0 Å². The van der Waals surface area contributed by atoms with Crippen molar-refractivity contribution in [3.8, 4) is 11.5 Å². The van der Waals surface area contributed by atoms with Crippen molar-refractivity contribution in [2.75, 3.05) is 20.2 Å². The molecule has 1 heterocycles. The number of guanidine groups is 1. The zero-order valence-corrected chi connectivity index (χ0v) is 16.1. The van der Waals surface area contributed by atoms with E-state index in [9.17, 15) is 9.50 Å². The molecule has 0 spiro atoms. The molecule has 0 saturated heterocycles. The Balaban J connectivity index is 1.64. The zero-order valence-electron chi connectivity index (χ0n) is 16.1. The van der Waals surface area contributed by atoms with Crippen molar-refractivity contribution in [2.45, 2.75) is 19.9 Å². The van der Waals surface area contributed by atoms with Crippen LogP contribution in [0.15, 0.2) is 47.6 Å². The van der Waals surface area contributed by atoms with E-state index in [2.05, 4.69) is 20.6 Å². The first kappa shape index (κ1) is 19.5. The predicted molar refractivity (Wildman–Crippen MR) is 109 cm³/mol. The van der Waals surface area contributed by atoms with E-state index in [1.807, 2.05) is 25.3 Å². The average Bonchev–Trinajstić information content (AvgIpc) is 3.09. The summed E-state index contributed by atoms with van der Waals surface area (Å²) in [5, 5.41) is 17.5. The number of fused-ring (bicyclic) bond motifs is 1. The number of phenols is 1. The first-order valence-electron chi connectivity index (χ1n) is 9.25. The van der Waals surface area contributed by atoms with Gasteiger partial charge in [0.25, 0.3) is 0 Å². The van der Waals surface area contributed by atoms with Gasteiger partial charge in [0.05, 0.1) is 13.7 Å². The van der Waals surface area contributed by atoms with Crippen LogP contribution in [-0.2, 0) is 13.0 Å². The summed E-state index contributed by atoms with van der Waals surface area (Å²) in [6, 6.07) is 10.1. The summed E-state index contributed by atoms with van der Waals surface area (Å²) >= 11 is 0. The van der Waals surface area contributed by atoms with Crippen LogP contribution in [0.2, 0.25) is 0 Å². The molecule has 1 aromatic heterocycles. The van der Waals surface area contributed by atoms with Crippen molar-refractivity contribution in [1.82, 2.24) is 15.6 Å². The second kappa shape index (κ2) is 9.12. The fraction of sp³-hybridized carbons (Fsp3) is 0.286. The lowest BCUT2D eigenvalue weighted by Crippen LogP contribution is -2.38. The largest absolute Gasteiger partial charge is 0.504 e. The van der Waals surface area contributed by atoms with E-state index in [0.29, 0.717) is 36.9 Å². The maximum absolute atomic E-state index is 13.5. The van der Waals surface area contributed by atoms with Crippen LogP contribution in [-0.4, -0.2) is 36.2 Å². The molecule has 6 nitrogen and oxygen atoms in total. The quantitative estimate of drug-likeness (QED) is 0.372. The fourth-order valence-corrected chi connectivity index (χ4v) is 3.04. The molecule has 4 N–H and O–H groups in total. The fourth-order valence-electron chi connectivity index (χ4n) is 3.04. The van der Waals surface area contributed by atoms with Gasteiger partial charge < -0.3 is 25.5 Å². The number of H-pyrrole nitrogens is 1. The van der Waals surface area contributed by atoms with Gasteiger partial charge in [-0.2, -0.15) is 0 Å². The number of aliphatic imine (C=N–C) groups is 1. The Hall–Kier alpha value is -3.22. The van der Waals surface area contributed by atoms with Gasteiger partial charge in [-0.1, -0.05) is 12.1 Å². The maximum atomic E-state index is 13.5. The summed E-state index contributed by atoms with van der Waals surface area (Å²) in [7, 11) is 1.52. The number of ether oxygens (including phenoxy) is 1. The number of halogens is 1.